The number of hydrogen-bond acceptors (Lipinski definition) is 3. The SMILES string of the molecule is Cc1ccc(C2C(CNC(C)C)OCCN2C)cc1Br. The van der Waals surface area contributed by atoms with E-state index in [0.29, 0.717) is 12.1 Å². The second-order valence-corrected chi connectivity index (χ2v) is 6.76. The highest BCUT2D eigenvalue weighted by Crippen LogP contribution is 2.30. The summed E-state index contributed by atoms with van der Waals surface area (Å²) >= 11 is 3.64. The van der Waals surface area contributed by atoms with E-state index in [-0.39, 0.29) is 6.10 Å². The van der Waals surface area contributed by atoms with E-state index in [2.05, 4.69) is 72.2 Å². The molecule has 0 radical (unpaired) electrons. The summed E-state index contributed by atoms with van der Waals surface area (Å²) in [7, 11) is 2.18. The topological polar surface area (TPSA) is 24.5 Å². The van der Waals surface area contributed by atoms with Crippen molar-refractivity contribution in [2.75, 3.05) is 26.7 Å². The molecule has 20 heavy (non-hydrogen) atoms. The van der Waals surface area contributed by atoms with E-state index in [1.807, 2.05) is 0 Å². The van der Waals surface area contributed by atoms with Crippen LogP contribution >= 0.6 is 15.9 Å². The third-order valence-electron chi connectivity index (χ3n) is 3.87. The second kappa shape index (κ2) is 7.03. The molecule has 0 aromatic heterocycles. The minimum absolute atomic E-state index is 0.200. The maximum atomic E-state index is 6.02. The lowest BCUT2D eigenvalue weighted by Crippen LogP contribution is -2.48. The van der Waals surface area contributed by atoms with E-state index in [0.717, 1.165) is 19.7 Å². The largest absolute Gasteiger partial charge is 0.374 e. The molecule has 1 N–H and O–H groups in total. The summed E-state index contributed by atoms with van der Waals surface area (Å²) in [6, 6.07) is 7.42. The second-order valence-electron chi connectivity index (χ2n) is 5.91. The lowest BCUT2D eigenvalue weighted by molar-refractivity contribution is -0.0620. The molecule has 2 atom stereocenters. The first-order chi connectivity index (χ1) is 9.49. The molecule has 1 saturated heterocycles. The van der Waals surface area contributed by atoms with Gasteiger partial charge in [-0.05, 0) is 31.2 Å². The van der Waals surface area contributed by atoms with E-state index in [1.54, 1.807) is 0 Å². The predicted molar refractivity (Wildman–Crippen MR) is 87.1 cm³/mol. The van der Waals surface area contributed by atoms with Gasteiger partial charge in [0.2, 0.25) is 0 Å². The molecular formula is C16H25BrN2O. The Balaban J connectivity index is 2.20. The number of hydrogen-bond donors (Lipinski definition) is 1. The monoisotopic (exact) mass is 340 g/mol. The quantitative estimate of drug-likeness (QED) is 0.911. The Bertz CT molecular complexity index is 450. The van der Waals surface area contributed by atoms with Crippen LogP contribution in [0, 0.1) is 6.92 Å². The summed E-state index contributed by atoms with van der Waals surface area (Å²) in [5, 5.41) is 3.50. The zero-order chi connectivity index (χ0) is 14.7. The van der Waals surface area contributed by atoms with Gasteiger partial charge in [0.25, 0.3) is 0 Å². The van der Waals surface area contributed by atoms with Crippen LogP contribution in [0.5, 0.6) is 0 Å². The van der Waals surface area contributed by atoms with Gasteiger partial charge in [0.05, 0.1) is 18.8 Å². The summed E-state index contributed by atoms with van der Waals surface area (Å²) in [5.74, 6) is 0. The fourth-order valence-corrected chi connectivity index (χ4v) is 3.04. The van der Waals surface area contributed by atoms with Gasteiger partial charge in [-0.15, -0.1) is 0 Å². The summed E-state index contributed by atoms with van der Waals surface area (Å²) in [4.78, 5) is 2.40. The van der Waals surface area contributed by atoms with Crippen LogP contribution < -0.4 is 5.32 Å². The number of rotatable bonds is 4. The summed E-state index contributed by atoms with van der Waals surface area (Å²) < 4.78 is 7.19. The van der Waals surface area contributed by atoms with Crippen LogP contribution in [-0.4, -0.2) is 43.8 Å². The molecular weight excluding hydrogens is 316 g/mol. The first-order valence-electron chi connectivity index (χ1n) is 7.30. The highest BCUT2D eigenvalue weighted by Gasteiger charge is 2.31. The molecule has 2 rings (SSSR count). The van der Waals surface area contributed by atoms with Gasteiger partial charge in [-0.2, -0.15) is 0 Å². The van der Waals surface area contributed by atoms with E-state index in [1.165, 1.54) is 15.6 Å². The maximum absolute atomic E-state index is 6.02. The van der Waals surface area contributed by atoms with Crippen molar-refractivity contribution in [1.29, 1.82) is 0 Å². The molecule has 3 nitrogen and oxygen atoms in total. The van der Waals surface area contributed by atoms with Gasteiger partial charge in [-0.1, -0.05) is 41.9 Å². The van der Waals surface area contributed by atoms with Crippen molar-refractivity contribution in [2.24, 2.45) is 0 Å². The van der Waals surface area contributed by atoms with Crippen molar-refractivity contribution in [2.45, 2.75) is 39.0 Å². The summed E-state index contributed by atoms with van der Waals surface area (Å²) in [6.45, 7) is 9.14. The normalized spacial score (nSPS) is 24.3. The van der Waals surface area contributed by atoms with Crippen molar-refractivity contribution in [3.8, 4) is 0 Å². The van der Waals surface area contributed by atoms with Gasteiger partial charge in [0.15, 0.2) is 0 Å². The van der Waals surface area contributed by atoms with Crippen LogP contribution in [0.2, 0.25) is 0 Å². The Labute approximate surface area is 130 Å². The molecule has 0 spiro atoms. The Morgan fingerprint density at radius 2 is 2.20 bits per heavy atom. The Morgan fingerprint density at radius 3 is 2.85 bits per heavy atom. The minimum atomic E-state index is 0.200. The van der Waals surface area contributed by atoms with Crippen molar-refractivity contribution < 1.29 is 4.74 Å². The number of halogens is 1. The van der Waals surface area contributed by atoms with Gasteiger partial charge < -0.3 is 10.1 Å². The van der Waals surface area contributed by atoms with Crippen molar-refractivity contribution in [1.82, 2.24) is 10.2 Å². The molecule has 0 bridgehead atoms. The standard InChI is InChI=1S/C16H25BrN2O/c1-11(2)18-10-15-16(19(4)7-8-20-15)13-6-5-12(3)14(17)9-13/h5-6,9,11,15-16,18H,7-8,10H2,1-4H3. The van der Waals surface area contributed by atoms with Crippen molar-refractivity contribution >= 4 is 15.9 Å². The lowest BCUT2D eigenvalue weighted by atomic mass is 9.97. The summed E-state index contributed by atoms with van der Waals surface area (Å²) in [5.41, 5.74) is 2.59. The number of ether oxygens (including phenoxy) is 1. The van der Waals surface area contributed by atoms with E-state index in [4.69, 9.17) is 4.74 Å². The number of nitrogens with one attached hydrogen (secondary N) is 1. The van der Waals surface area contributed by atoms with Gasteiger partial charge in [0, 0.05) is 23.6 Å². The lowest BCUT2D eigenvalue weighted by Gasteiger charge is -2.40. The molecule has 4 heteroatoms. The van der Waals surface area contributed by atoms with Gasteiger partial charge >= 0.3 is 0 Å². The third kappa shape index (κ3) is 3.82. The van der Waals surface area contributed by atoms with Crippen LogP contribution in [0.15, 0.2) is 22.7 Å². The number of morpholine rings is 1. The van der Waals surface area contributed by atoms with Gasteiger partial charge in [-0.25, -0.2) is 0 Å². The smallest absolute Gasteiger partial charge is 0.0896 e. The molecule has 0 saturated carbocycles. The molecule has 1 aromatic rings. The summed E-state index contributed by atoms with van der Waals surface area (Å²) in [6.07, 6.45) is 0.200. The fraction of sp³-hybridized carbons (Fsp3) is 0.625. The molecule has 1 heterocycles. The molecule has 1 fully saturated rings. The average molecular weight is 341 g/mol. The van der Waals surface area contributed by atoms with Crippen LogP contribution in [0.3, 0.4) is 0 Å². The maximum Gasteiger partial charge on any atom is 0.0896 e. The van der Waals surface area contributed by atoms with Gasteiger partial charge in [-0.3, -0.25) is 4.90 Å². The zero-order valence-corrected chi connectivity index (χ0v) is 14.4. The fourth-order valence-electron chi connectivity index (χ4n) is 2.65. The molecule has 0 aliphatic carbocycles. The van der Waals surface area contributed by atoms with Gasteiger partial charge in [0.1, 0.15) is 0 Å². The Kier molecular flexibility index (Phi) is 5.61. The highest BCUT2D eigenvalue weighted by atomic mass is 79.9. The Hall–Kier alpha value is -0.420. The van der Waals surface area contributed by atoms with E-state index < -0.39 is 0 Å². The zero-order valence-electron chi connectivity index (χ0n) is 12.8. The van der Waals surface area contributed by atoms with Crippen LogP contribution in [0.4, 0.5) is 0 Å². The number of aryl methyl sites for hydroxylation is 1. The molecule has 1 aromatic carbocycles. The van der Waals surface area contributed by atoms with Crippen LogP contribution in [-0.2, 0) is 4.74 Å². The van der Waals surface area contributed by atoms with Crippen molar-refractivity contribution in [3.05, 3.63) is 33.8 Å². The average Bonchev–Trinajstić information content (AvgIpc) is 2.40. The number of likely N-dealkylation sites (N-methyl/N-ethyl adjacent to an activating group) is 1. The first kappa shape index (κ1) is 16.0. The highest BCUT2D eigenvalue weighted by molar-refractivity contribution is 9.10. The molecule has 1 aliphatic rings. The molecule has 112 valence electrons. The van der Waals surface area contributed by atoms with Crippen LogP contribution in [0.25, 0.3) is 0 Å². The minimum Gasteiger partial charge on any atom is -0.374 e. The molecule has 2 unspecified atom stereocenters. The van der Waals surface area contributed by atoms with Crippen molar-refractivity contribution in [3.63, 3.8) is 0 Å². The van der Waals surface area contributed by atoms with E-state index >= 15 is 0 Å². The Morgan fingerprint density at radius 1 is 1.45 bits per heavy atom. The van der Waals surface area contributed by atoms with Crippen LogP contribution in [0.1, 0.15) is 31.0 Å². The molecule has 0 amide bonds. The molecule has 1 aliphatic heterocycles. The third-order valence-corrected chi connectivity index (χ3v) is 4.72. The predicted octanol–water partition coefficient (Wildman–Crippen LogP) is 3.13. The van der Waals surface area contributed by atoms with E-state index in [9.17, 15) is 0 Å². The number of nitrogens with zero attached hydrogens (tertiary/aromatic N) is 1. The number of benzene rings is 1. The first-order valence-corrected chi connectivity index (χ1v) is 8.09.